The van der Waals surface area contributed by atoms with Gasteiger partial charge in [-0.15, -0.1) is 0 Å². The minimum Gasteiger partial charge on any atom is -0.352 e. The summed E-state index contributed by atoms with van der Waals surface area (Å²) < 4.78 is 0. The molecule has 2 aromatic rings. The van der Waals surface area contributed by atoms with Crippen LogP contribution in [0.2, 0.25) is 0 Å². The molecule has 1 heterocycles. The molecule has 29 heavy (non-hydrogen) atoms. The van der Waals surface area contributed by atoms with Crippen molar-refractivity contribution in [3.8, 4) is 0 Å². The van der Waals surface area contributed by atoms with Crippen molar-refractivity contribution in [3.63, 3.8) is 0 Å². The number of pyridine rings is 1. The van der Waals surface area contributed by atoms with Crippen molar-refractivity contribution in [1.82, 2.24) is 10.3 Å². The quantitative estimate of drug-likeness (QED) is 0.548. The number of anilines is 1. The molecule has 2 N–H and O–H groups in total. The summed E-state index contributed by atoms with van der Waals surface area (Å²) in [6.07, 6.45) is 9.28. The fraction of sp³-hybridized carbons (Fsp3) is 0.304. The molecule has 0 saturated heterocycles. The van der Waals surface area contributed by atoms with Crippen molar-refractivity contribution in [1.29, 1.82) is 0 Å². The molecule has 0 aliphatic heterocycles. The Morgan fingerprint density at radius 2 is 1.90 bits per heavy atom. The van der Waals surface area contributed by atoms with Crippen LogP contribution in [0.1, 0.15) is 70.2 Å². The maximum absolute atomic E-state index is 12.5. The van der Waals surface area contributed by atoms with E-state index in [0.29, 0.717) is 23.4 Å². The van der Waals surface area contributed by atoms with E-state index in [4.69, 9.17) is 0 Å². The molecule has 1 aromatic carbocycles. The van der Waals surface area contributed by atoms with E-state index < -0.39 is 5.91 Å². The summed E-state index contributed by atoms with van der Waals surface area (Å²) in [5.74, 6) is -0.744. The van der Waals surface area contributed by atoms with Crippen molar-refractivity contribution in [3.05, 3.63) is 71.1 Å². The second-order valence-corrected chi connectivity index (χ2v) is 7.13. The molecule has 6 heteroatoms. The highest BCUT2D eigenvalue weighted by atomic mass is 16.2. The highest BCUT2D eigenvalue weighted by Crippen LogP contribution is 2.19. The molecule has 2 amide bonds. The highest BCUT2D eigenvalue weighted by molar-refractivity contribution is 6.05. The van der Waals surface area contributed by atoms with E-state index in [1.165, 1.54) is 37.6 Å². The molecular weight excluding hydrogens is 366 g/mol. The van der Waals surface area contributed by atoms with Crippen molar-refractivity contribution >= 4 is 23.3 Å². The molecule has 0 unspecified atom stereocenters. The second-order valence-electron chi connectivity index (χ2n) is 7.13. The van der Waals surface area contributed by atoms with Gasteiger partial charge in [-0.1, -0.05) is 23.8 Å². The van der Waals surface area contributed by atoms with E-state index in [2.05, 4.69) is 21.7 Å². The molecule has 0 bridgehead atoms. The number of carbonyl (C=O) groups is 3. The number of hydrogen-bond acceptors (Lipinski definition) is 4. The molecule has 1 aromatic heterocycles. The van der Waals surface area contributed by atoms with Gasteiger partial charge in [0, 0.05) is 29.6 Å². The minimum absolute atomic E-state index is 0.0816. The van der Waals surface area contributed by atoms with Gasteiger partial charge in [0.05, 0.1) is 0 Å². The van der Waals surface area contributed by atoms with Crippen LogP contribution in [0.15, 0.2) is 54.2 Å². The van der Waals surface area contributed by atoms with Crippen molar-refractivity contribution < 1.29 is 14.4 Å². The summed E-state index contributed by atoms with van der Waals surface area (Å²) in [5.41, 5.74) is 2.94. The maximum atomic E-state index is 12.5. The lowest BCUT2D eigenvalue weighted by atomic mass is 9.97. The van der Waals surface area contributed by atoms with E-state index in [1.54, 1.807) is 30.3 Å². The van der Waals surface area contributed by atoms with Crippen molar-refractivity contribution in [2.24, 2.45) is 0 Å². The summed E-state index contributed by atoms with van der Waals surface area (Å²) in [6, 6.07) is 9.75. The normalized spacial score (nSPS) is 13.3. The lowest BCUT2D eigenvalue weighted by Crippen LogP contribution is -2.25. The van der Waals surface area contributed by atoms with Gasteiger partial charge in [0.25, 0.3) is 11.8 Å². The third-order valence-electron chi connectivity index (χ3n) is 4.90. The van der Waals surface area contributed by atoms with Crippen LogP contribution in [0.25, 0.3) is 0 Å². The van der Waals surface area contributed by atoms with E-state index >= 15 is 0 Å². The number of aromatic nitrogens is 1. The van der Waals surface area contributed by atoms with Crippen LogP contribution in [0.5, 0.6) is 0 Å². The number of hydrogen-bond donors (Lipinski definition) is 2. The van der Waals surface area contributed by atoms with E-state index in [-0.39, 0.29) is 17.4 Å². The summed E-state index contributed by atoms with van der Waals surface area (Å²) in [7, 11) is 0. The number of nitrogens with zero attached hydrogens (tertiary/aromatic N) is 1. The monoisotopic (exact) mass is 391 g/mol. The summed E-state index contributed by atoms with van der Waals surface area (Å²) in [4.78, 5) is 40.5. The van der Waals surface area contributed by atoms with Gasteiger partial charge in [0.1, 0.15) is 5.69 Å². The average molecular weight is 391 g/mol. The Balaban J connectivity index is 1.60. The fourth-order valence-electron chi connectivity index (χ4n) is 3.28. The van der Waals surface area contributed by atoms with Gasteiger partial charge in [-0.3, -0.25) is 19.4 Å². The van der Waals surface area contributed by atoms with Gasteiger partial charge in [0.15, 0.2) is 5.78 Å². The molecule has 0 radical (unpaired) electrons. The van der Waals surface area contributed by atoms with E-state index in [1.807, 2.05) is 0 Å². The third-order valence-corrected chi connectivity index (χ3v) is 4.90. The largest absolute Gasteiger partial charge is 0.352 e. The van der Waals surface area contributed by atoms with Crippen molar-refractivity contribution in [2.75, 3.05) is 11.9 Å². The van der Waals surface area contributed by atoms with Crippen LogP contribution in [0.4, 0.5) is 5.69 Å². The zero-order chi connectivity index (χ0) is 20.6. The van der Waals surface area contributed by atoms with Gasteiger partial charge in [-0.05, 0) is 63.3 Å². The molecule has 0 saturated carbocycles. The Bertz CT molecular complexity index is 950. The highest BCUT2D eigenvalue weighted by Gasteiger charge is 2.13. The number of rotatable bonds is 7. The van der Waals surface area contributed by atoms with Crippen LogP contribution < -0.4 is 10.6 Å². The molecule has 150 valence electrons. The Labute approximate surface area is 170 Å². The topological polar surface area (TPSA) is 88.2 Å². The molecule has 0 atom stereocenters. The standard InChI is InChI=1S/C23H25N3O3/c1-16(27)18-8-5-9-20(14-18)26-23(29)21-15-19(11-13-24-21)22(28)25-12-10-17-6-3-2-4-7-17/h5-6,8-9,11,13-15H,2-4,7,10,12H2,1H3,(H,25,28)(H,26,29). The summed E-state index contributed by atoms with van der Waals surface area (Å²) >= 11 is 0. The SMILES string of the molecule is CC(=O)c1cccc(NC(=O)c2cc(C(=O)NCCC3=CCCCC3)ccn2)c1. The molecule has 0 spiro atoms. The molecule has 0 fully saturated rings. The Hall–Kier alpha value is -3.28. The van der Waals surface area contributed by atoms with E-state index in [9.17, 15) is 14.4 Å². The lowest BCUT2D eigenvalue weighted by Gasteiger charge is -2.13. The van der Waals surface area contributed by atoms with Gasteiger partial charge < -0.3 is 10.6 Å². The minimum atomic E-state index is -0.437. The first-order chi connectivity index (χ1) is 14.0. The molecule has 1 aliphatic carbocycles. The van der Waals surface area contributed by atoms with Crippen LogP contribution in [0, 0.1) is 0 Å². The first kappa shape index (κ1) is 20.5. The predicted octanol–water partition coefficient (Wildman–Crippen LogP) is 4.16. The average Bonchev–Trinajstić information content (AvgIpc) is 2.74. The summed E-state index contributed by atoms with van der Waals surface area (Å²) in [6.45, 7) is 2.04. The maximum Gasteiger partial charge on any atom is 0.274 e. The van der Waals surface area contributed by atoms with Crippen molar-refractivity contribution in [2.45, 2.75) is 39.0 Å². The number of benzene rings is 1. The zero-order valence-electron chi connectivity index (χ0n) is 16.5. The van der Waals surface area contributed by atoms with Gasteiger partial charge in [-0.2, -0.15) is 0 Å². The second kappa shape index (κ2) is 9.78. The number of Topliss-reactive ketones (excluding diaryl/α,β-unsaturated/α-hetero) is 1. The Morgan fingerprint density at radius 1 is 1.03 bits per heavy atom. The lowest BCUT2D eigenvalue weighted by molar-refractivity contribution is 0.0952. The van der Waals surface area contributed by atoms with Gasteiger partial charge in [-0.25, -0.2) is 0 Å². The first-order valence-corrected chi connectivity index (χ1v) is 9.87. The smallest absolute Gasteiger partial charge is 0.274 e. The Morgan fingerprint density at radius 3 is 2.66 bits per heavy atom. The zero-order valence-corrected chi connectivity index (χ0v) is 16.5. The first-order valence-electron chi connectivity index (χ1n) is 9.87. The van der Waals surface area contributed by atoms with Crippen LogP contribution in [0.3, 0.4) is 0 Å². The number of nitrogens with one attached hydrogen (secondary N) is 2. The number of allylic oxidation sites excluding steroid dienone is 1. The number of carbonyl (C=O) groups excluding carboxylic acids is 3. The van der Waals surface area contributed by atoms with Crippen LogP contribution in [-0.4, -0.2) is 29.1 Å². The fourth-order valence-corrected chi connectivity index (χ4v) is 3.28. The molecule has 1 aliphatic rings. The molecule has 6 nitrogen and oxygen atoms in total. The summed E-state index contributed by atoms with van der Waals surface area (Å²) in [5, 5.41) is 5.62. The van der Waals surface area contributed by atoms with Crippen LogP contribution >= 0.6 is 0 Å². The number of amides is 2. The molecule has 3 rings (SSSR count). The van der Waals surface area contributed by atoms with Gasteiger partial charge >= 0.3 is 0 Å². The Kier molecular flexibility index (Phi) is 6.89. The van der Waals surface area contributed by atoms with Crippen LogP contribution in [-0.2, 0) is 0 Å². The van der Waals surface area contributed by atoms with Gasteiger partial charge in [0.2, 0.25) is 0 Å². The third kappa shape index (κ3) is 5.85. The number of ketones is 1. The van der Waals surface area contributed by atoms with E-state index in [0.717, 1.165) is 19.3 Å². The molecular formula is C23H25N3O3. The predicted molar refractivity (Wildman–Crippen MR) is 112 cm³/mol.